The number of aromatic nitrogens is 2. The molecule has 2 bridgehead atoms. The van der Waals surface area contributed by atoms with Gasteiger partial charge >= 0.3 is 0 Å². The molecular weight excluding hydrogens is 458 g/mol. The minimum absolute atomic E-state index is 0.0761. The number of aromatic hydroxyl groups is 2. The number of hydrogen-bond donors (Lipinski definition) is 2. The largest absolute Gasteiger partial charge is 0.494 e. The van der Waals surface area contributed by atoms with Crippen molar-refractivity contribution in [2.75, 3.05) is 6.61 Å². The summed E-state index contributed by atoms with van der Waals surface area (Å²) in [5.41, 5.74) is 0.874. The Balaban J connectivity index is 1.60. The third-order valence-corrected chi connectivity index (χ3v) is 12.5. The molecule has 35 heavy (non-hydrogen) atoms. The molecule has 0 spiro atoms. The lowest BCUT2D eigenvalue weighted by Gasteiger charge is -2.37. The van der Waals surface area contributed by atoms with Gasteiger partial charge in [-0.25, -0.2) is 0 Å². The average molecular weight is 490 g/mol. The standard InChI is InChI=1S/C27H31N3O4Si/c1-25(2,3)35(5,6)33-15-13-27-12-11-26(4,34-27)20-21(27)24(32)30(23(20)31)19-10-9-17(16-28)22-18(19)8-7-14-29-22/h7-12,14,31-32H,13,15H2,1-6H3/t26-,27-/m1/s1. The SMILES string of the molecule is CC(C)(C)[Si](C)(C)OCC[C@@]12C=C[C@@](C)(O1)c1c2c(O)n(-c2ccc(C#N)c3ncccc23)c1O. The van der Waals surface area contributed by atoms with Crippen LogP contribution in [-0.2, 0) is 20.4 Å². The first-order valence-corrected chi connectivity index (χ1v) is 14.8. The van der Waals surface area contributed by atoms with Crippen molar-refractivity contribution >= 4 is 19.2 Å². The molecule has 7 nitrogen and oxygen atoms in total. The summed E-state index contributed by atoms with van der Waals surface area (Å²) in [4.78, 5) is 4.36. The number of rotatable bonds is 5. The van der Waals surface area contributed by atoms with Crippen molar-refractivity contribution in [1.82, 2.24) is 9.55 Å². The van der Waals surface area contributed by atoms with Gasteiger partial charge in [0.25, 0.3) is 0 Å². The van der Waals surface area contributed by atoms with Crippen molar-refractivity contribution in [3.05, 3.63) is 59.3 Å². The maximum Gasteiger partial charge on any atom is 0.205 e. The fraction of sp³-hybridized carbons (Fsp3) is 0.407. The molecule has 182 valence electrons. The predicted octanol–water partition coefficient (Wildman–Crippen LogP) is 5.73. The fourth-order valence-electron chi connectivity index (χ4n) is 5.03. The molecule has 2 aliphatic heterocycles. The molecule has 2 aliphatic rings. The third kappa shape index (κ3) is 3.26. The molecule has 4 heterocycles. The zero-order valence-corrected chi connectivity index (χ0v) is 22.0. The van der Waals surface area contributed by atoms with E-state index in [2.05, 4.69) is 44.9 Å². The minimum atomic E-state index is -1.96. The van der Waals surface area contributed by atoms with Crippen molar-refractivity contribution in [2.45, 2.75) is 63.5 Å². The van der Waals surface area contributed by atoms with E-state index in [1.54, 1.807) is 24.4 Å². The van der Waals surface area contributed by atoms with E-state index in [4.69, 9.17) is 9.16 Å². The van der Waals surface area contributed by atoms with Crippen LogP contribution in [0, 0.1) is 11.3 Å². The summed E-state index contributed by atoms with van der Waals surface area (Å²) in [6, 6.07) is 9.14. The van der Waals surface area contributed by atoms with Gasteiger partial charge in [0.1, 0.15) is 17.3 Å². The van der Waals surface area contributed by atoms with E-state index in [-0.39, 0.29) is 16.8 Å². The zero-order chi connectivity index (χ0) is 25.4. The number of nitriles is 1. The van der Waals surface area contributed by atoms with Crippen LogP contribution in [0.5, 0.6) is 11.8 Å². The normalized spacial score (nSPS) is 23.1. The van der Waals surface area contributed by atoms with Gasteiger partial charge in [-0.05, 0) is 61.5 Å². The molecule has 2 aromatic heterocycles. The lowest BCUT2D eigenvalue weighted by Crippen LogP contribution is -2.41. The quantitative estimate of drug-likeness (QED) is 0.351. The fourth-order valence-corrected chi connectivity index (χ4v) is 6.08. The Bertz CT molecular complexity index is 1430. The third-order valence-electron chi connectivity index (χ3n) is 7.96. The van der Waals surface area contributed by atoms with Crippen LogP contribution in [0.2, 0.25) is 18.1 Å². The van der Waals surface area contributed by atoms with Crippen LogP contribution in [0.4, 0.5) is 0 Å². The van der Waals surface area contributed by atoms with Crippen molar-refractivity contribution in [3.8, 4) is 23.5 Å². The Labute approximate surface area is 206 Å². The summed E-state index contributed by atoms with van der Waals surface area (Å²) in [5.74, 6) is -0.154. The second-order valence-electron chi connectivity index (χ2n) is 11.2. The molecule has 0 amide bonds. The summed E-state index contributed by atoms with van der Waals surface area (Å²) < 4.78 is 14.3. The molecule has 0 unspecified atom stereocenters. The Morgan fingerprint density at radius 3 is 2.54 bits per heavy atom. The van der Waals surface area contributed by atoms with Gasteiger partial charge in [-0.15, -0.1) is 0 Å². The van der Waals surface area contributed by atoms with Crippen LogP contribution in [0.15, 0.2) is 42.6 Å². The summed E-state index contributed by atoms with van der Waals surface area (Å²) in [6.45, 7) is 13.4. The molecule has 0 saturated heterocycles. The van der Waals surface area contributed by atoms with Gasteiger partial charge < -0.3 is 19.4 Å². The smallest absolute Gasteiger partial charge is 0.205 e. The van der Waals surface area contributed by atoms with Crippen LogP contribution in [0.1, 0.15) is 50.8 Å². The van der Waals surface area contributed by atoms with E-state index in [9.17, 15) is 15.5 Å². The van der Waals surface area contributed by atoms with Gasteiger partial charge in [0.05, 0.1) is 27.9 Å². The first kappa shape index (κ1) is 23.6. The monoisotopic (exact) mass is 489 g/mol. The number of nitrogens with zero attached hydrogens (tertiary/aromatic N) is 3. The second-order valence-corrected chi connectivity index (χ2v) is 16.0. The number of pyridine rings is 1. The summed E-state index contributed by atoms with van der Waals surface area (Å²) in [7, 11) is -1.96. The van der Waals surface area contributed by atoms with Crippen LogP contribution < -0.4 is 0 Å². The van der Waals surface area contributed by atoms with Gasteiger partial charge in [-0.2, -0.15) is 5.26 Å². The van der Waals surface area contributed by atoms with E-state index >= 15 is 0 Å². The van der Waals surface area contributed by atoms with E-state index in [0.29, 0.717) is 46.3 Å². The summed E-state index contributed by atoms with van der Waals surface area (Å²) in [5, 5.41) is 33.2. The predicted molar refractivity (Wildman–Crippen MR) is 136 cm³/mol. The minimum Gasteiger partial charge on any atom is -0.494 e. The number of fused-ring (bicyclic) bond motifs is 6. The molecular formula is C27H31N3O4Si. The molecule has 8 heteroatoms. The lowest BCUT2D eigenvalue weighted by molar-refractivity contribution is -0.0720. The topological polar surface area (TPSA) is 101 Å². The Kier molecular flexibility index (Phi) is 5.02. The Morgan fingerprint density at radius 2 is 1.86 bits per heavy atom. The highest BCUT2D eigenvalue weighted by molar-refractivity contribution is 6.74. The highest BCUT2D eigenvalue weighted by Crippen LogP contribution is 2.62. The Morgan fingerprint density at radius 1 is 1.14 bits per heavy atom. The molecule has 2 atom stereocenters. The number of hydrogen-bond acceptors (Lipinski definition) is 6. The molecule has 0 saturated carbocycles. The summed E-state index contributed by atoms with van der Waals surface area (Å²) in [6.07, 6.45) is 6.07. The molecule has 0 aliphatic carbocycles. The van der Waals surface area contributed by atoms with E-state index < -0.39 is 19.5 Å². The Hall–Kier alpha value is -3.12. The first-order valence-electron chi connectivity index (χ1n) is 11.9. The molecule has 0 fully saturated rings. The van der Waals surface area contributed by atoms with E-state index in [1.165, 1.54) is 4.57 Å². The maximum absolute atomic E-state index is 11.5. The van der Waals surface area contributed by atoms with Crippen molar-refractivity contribution in [2.24, 2.45) is 0 Å². The second kappa shape index (κ2) is 7.44. The zero-order valence-electron chi connectivity index (χ0n) is 21.0. The maximum atomic E-state index is 11.5. The van der Waals surface area contributed by atoms with Gasteiger partial charge in [0.15, 0.2) is 8.32 Å². The molecule has 2 N–H and O–H groups in total. The van der Waals surface area contributed by atoms with Gasteiger partial charge in [-0.3, -0.25) is 9.55 Å². The van der Waals surface area contributed by atoms with Crippen LogP contribution in [-0.4, -0.2) is 34.7 Å². The molecule has 3 aromatic rings. The number of ether oxygens (including phenoxy) is 1. The van der Waals surface area contributed by atoms with Crippen LogP contribution in [0.25, 0.3) is 16.6 Å². The average Bonchev–Trinajstić information content (AvgIpc) is 3.37. The van der Waals surface area contributed by atoms with Crippen molar-refractivity contribution in [1.29, 1.82) is 5.26 Å². The van der Waals surface area contributed by atoms with Crippen LogP contribution >= 0.6 is 0 Å². The molecule has 1 aromatic carbocycles. The lowest BCUT2D eigenvalue weighted by atomic mass is 9.83. The van der Waals surface area contributed by atoms with Crippen LogP contribution in [0.3, 0.4) is 0 Å². The highest BCUT2D eigenvalue weighted by atomic mass is 28.4. The van der Waals surface area contributed by atoms with E-state index in [1.807, 2.05) is 25.1 Å². The van der Waals surface area contributed by atoms with Gasteiger partial charge in [0.2, 0.25) is 11.8 Å². The van der Waals surface area contributed by atoms with Crippen molar-refractivity contribution in [3.63, 3.8) is 0 Å². The van der Waals surface area contributed by atoms with Gasteiger partial charge in [-0.1, -0.05) is 20.8 Å². The van der Waals surface area contributed by atoms with E-state index in [0.717, 1.165) is 0 Å². The first-order chi connectivity index (χ1) is 16.4. The van der Waals surface area contributed by atoms with Crippen molar-refractivity contribution < 1.29 is 19.4 Å². The summed E-state index contributed by atoms with van der Waals surface area (Å²) >= 11 is 0. The highest BCUT2D eigenvalue weighted by Gasteiger charge is 2.58. The molecule has 0 radical (unpaired) electrons. The number of benzene rings is 1. The molecule has 5 rings (SSSR count). The van der Waals surface area contributed by atoms with Gasteiger partial charge in [0, 0.05) is 24.6 Å².